The molecule has 2 rings (SSSR count). The van der Waals surface area contributed by atoms with Crippen molar-refractivity contribution in [2.75, 3.05) is 26.0 Å². The fraction of sp³-hybridized carbons (Fsp3) is 0.389. The lowest BCUT2D eigenvalue weighted by atomic mass is 10.1. The molecule has 0 aliphatic rings. The van der Waals surface area contributed by atoms with Gasteiger partial charge in [0.1, 0.15) is 0 Å². The molecule has 2 aromatic rings. The molecule has 0 aliphatic heterocycles. The topological polar surface area (TPSA) is 79.3 Å². The molecule has 1 aromatic heterocycles. The van der Waals surface area contributed by atoms with Gasteiger partial charge in [-0.25, -0.2) is 0 Å². The highest BCUT2D eigenvalue weighted by Crippen LogP contribution is 2.18. The Hall–Kier alpha value is -2.67. The Labute approximate surface area is 148 Å². The largest absolute Gasteiger partial charge is 0.346 e. The van der Waals surface area contributed by atoms with E-state index in [1.807, 2.05) is 56.3 Å². The highest BCUT2D eigenvalue weighted by Gasteiger charge is 2.20. The molecule has 7 nitrogen and oxygen atoms in total. The minimum atomic E-state index is -0.690. The second kappa shape index (κ2) is 7.94. The maximum atomic E-state index is 12.2. The van der Waals surface area contributed by atoms with E-state index in [1.165, 1.54) is 0 Å². The predicted octanol–water partition coefficient (Wildman–Crippen LogP) is 1.39. The van der Waals surface area contributed by atoms with Crippen molar-refractivity contribution >= 4 is 17.5 Å². The van der Waals surface area contributed by atoms with Gasteiger partial charge in [-0.15, -0.1) is 0 Å². The van der Waals surface area contributed by atoms with E-state index in [-0.39, 0.29) is 6.04 Å². The Morgan fingerprint density at radius 3 is 2.32 bits per heavy atom. The first-order chi connectivity index (χ1) is 11.8. The second-order valence-electron chi connectivity index (χ2n) is 6.22. The van der Waals surface area contributed by atoms with E-state index in [0.717, 1.165) is 11.3 Å². The van der Waals surface area contributed by atoms with E-state index in [9.17, 15) is 9.59 Å². The standard InChI is InChI=1S/C18H25N5O2/c1-12-16(13(2)23(5)21-12)20-18(25)17(24)19-11-15(22(3)4)14-9-7-6-8-10-14/h6-10,15H,11H2,1-5H3,(H,19,24)(H,20,25)/t15-/m1/s1. The number of carbonyl (C=O) groups excluding carboxylic acids is 2. The second-order valence-corrected chi connectivity index (χ2v) is 6.22. The molecule has 0 saturated carbocycles. The monoisotopic (exact) mass is 343 g/mol. The normalized spacial score (nSPS) is 12.1. The van der Waals surface area contributed by atoms with Gasteiger partial charge in [0.2, 0.25) is 0 Å². The number of amides is 2. The minimum absolute atomic E-state index is 0.0141. The molecule has 1 heterocycles. The molecule has 0 fully saturated rings. The quantitative estimate of drug-likeness (QED) is 0.804. The number of aromatic nitrogens is 2. The third-order valence-electron chi connectivity index (χ3n) is 4.22. The maximum absolute atomic E-state index is 12.2. The van der Waals surface area contributed by atoms with Crippen molar-refractivity contribution in [3.05, 3.63) is 47.3 Å². The van der Waals surface area contributed by atoms with Crippen LogP contribution in [0.3, 0.4) is 0 Å². The van der Waals surface area contributed by atoms with Crippen LogP contribution in [0.25, 0.3) is 0 Å². The summed E-state index contributed by atoms with van der Waals surface area (Å²) in [5.74, 6) is -1.35. The van der Waals surface area contributed by atoms with Crippen molar-refractivity contribution in [1.29, 1.82) is 0 Å². The summed E-state index contributed by atoms with van der Waals surface area (Å²) in [6.07, 6.45) is 0. The summed E-state index contributed by atoms with van der Waals surface area (Å²) in [7, 11) is 5.66. The fourth-order valence-electron chi connectivity index (χ4n) is 2.67. The van der Waals surface area contributed by atoms with E-state index in [0.29, 0.717) is 17.9 Å². The van der Waals surface area contributed by atoms with Gasteiger partial charge in [-0.2, -0.15) is 5.10 Å². The van der Waals surface area contributed by atoms with Crippen LogP contribution in [-0.2, 0) is 16.6 Å². The first-order valence-electron chi connectivity index (χ1n) is 8.12. The molecule has 2 amide bonds. The molecule has 0 radical (unpaired) electrons. The lowest BCUT2D eigenvalue weighted by molar-refractivity contribution is -0.136. The van der Waals surface area contributed by atoms with Crippen LogP contribution >= 0.6 is 0 Å². The van der Waals surface area contributed by atoms with Crippen molar-refractivity contribution in [3.63, 3.8) is 0 Å². The molecule has 1 aromatic carbocycles. The number of anilines is 1. The number of likely N-dealkylation sites (N-methyl/N-ethyl adjacent to an activating group) is 1. The zero-order chi connectivity index (χ0) is 18.6. The van der Waals surface area contributed by atoms with Crippen molar-refractivity contribution in [1.82, 2.24) is 20.0 Å². The average molecular weight is 343 g/mol. The van der Waals surface area contributed by atoms with Gasteiger partial charge in [0.25, 0.3) is 0 Å². The molecule has 1 atom stereocenters. The predicted molar refractivity (Wildman–Crippen MR) is 97.2 cm³/mol. The Bertz CT molecular complexity index is 752. The van der Waals surface area contributed by atoms with E-state index >= 15 is 0 Å². The molecule has 0 spiro atoms. The third kappa shape index (κ3) is 4.45. The summed E-state index contributed by atoms with van der Waals surface area (Å²) in [5.41, 5.74) is 3.13. The van der Waals surface area contributed by atoms with Crippen molar-refractivity contribution < 1.29 is 9.59 Å². The highest BCUT2D eigenvalue weighted by atomic mass is 16.2. The highest BCUT2D eigenvalue weighted by molar-refractivity contribution is 6.39. The van der Waals surface area contributed by atoms with Crippen LogP contribution in [0.15, 0.2) is 30.3 Å². The Morgan fingerprint density at radius 1 is 1.16 bits per heavy atom. The number of nitrogens with one attached hydrogen (secondary N) is 2. The van der Waals surface area contributed by atoms with Crippen molar-refractivity contribution in [3.8, 4) is 0 Å². The van der Waals surface area contributed by atoms with Crippen LogP contribution in [0.5, 0.6) is 0 Å². The lowest BCUT2D eigenvalue weighted by Crippen LogP contribution is -2.40. The number of rotatable bonds is 5. The molecule has 2 N–H and O–H groups in total. The molecular formula is C18H25N5O2. The molecule has 134 valence electrons. The maximum Gasteiger partial charge on any atom is 0.313 e. The molecule has 0 aliphatic carbocycles. The summed E-state index contributed by atoms with van der Waals surface area (Å²) >= 11 is 0. The van der Waals surface area contributed by atoms with Gasteiger partial charge < -0.3 is 15.5 Å². The summed E-state index contributed by atoms with van der Waals surface area (Å²) < 4.78 is 1.67. The summed E-state index contributed by atoms with van der Waals surface area (Å²) in [5, 5.41) is 9.58. The van der Waals surface area contributed by atoms with Gasteiger partial charge in [-0.1, -0.05) is 30.3 Å². The van der Waals surface area contributed by atoms with E-state index in [2.05, 4.69) is 15.7 Å². The number of aryl methyl sites for hydroxylation is 2. The zero-order valence-electron chi connectivity index (χ0n) is 15.3. The van der Waals surface area contributed by atoms with Gasteiger partial charge in [-0.05, 0) is 33.5 Å². The number of nitrogens with zero attached hydrogens (tertiary/aromatic N) is 3. The first-order valence-corrected chi connectivity index (χ1v) is 8.12. The van der Waals surface area contributed by atoms with Crippen LogP contribution in [-0.4, -0.2) is 47.1 Å². The van der Waals surface area contributed by atoms with Gasteiger partial charge in [0.05, 0.1) is 23.1 Å². The molecule has 7 heteroatoms. The average Bonchev–Trinajstić information content (AvgIpc) is 2.81. The Morgan fingerprint density at radius 2 is 1.80 bits per heavy atom. The lowest BCUT2D eigenvalue weighted by Gasteiger charge is -2.25. The van der Waals surface area contributed by atoms with Crippen LogP contribution < -0.4 is 10.6 Å². The molecule has 0 saturated heterocycles. The number of carbonyl (C=O) groups is 2. The summed E-state index contributed by atoms with van der Waals surface area (Å²) in [6.45, 7) is 3.97. The van der Waals surface area contributed by atoms with Gasteiger partial charge in [0.15, 0.2) is 0 Å². The van der Waals surface area contributed by atoms with Crippen molar-refractivity contribution in [2.24, 2.45) is 7.05 Å². The van der Waals surface area contributed by atoms with E-state index in [1.54, 1.807) is 18.7 Å². The molecule has 25 heavy (non-hydrogen) atoms. The minimum Gasteiger partial charge on any atom is -0.346 e. The van der Waals surface area contributed by atoms with Gasteiger partial charge >= 0.3 is 11.8 Å². The number of hydrogen-bond donors (Lipinski definition) is 2. The van der Waals surface area contributed by atoms with Crippen LogP contribution in [0.1, 0.15) is 23.0 Å². The molecule has 0 bridgehead atoms. The number of hydrogen-bond acceptors (Lipinski definition) is 4. The van der Waals surface area contributed by atoms with Crippen LogP contribution in [0, 0.1) is 13.8 Å². The molecular weight excluding hydrogens is 318 g/mol. The summed E-state index contributed by atoms with van der Waals surface area (Å²) in [6, 6.07) is 9.84. The van der Waals surface area contributed by atoms with Crippen molar-refractivity contribution in [2.45, 2.75) is 19.9 Å². The third-order valence-corrected chi connectivity index (χ3v) is 4.22. The van der Waals surface area contributed by atoms with Crippen LogP contribution in [0.4, 0.5) is 5.69 Å². The first kappa shape index (κ1) is 18.7. The number of benzene rings is 1. The fourth-order valence-corrected chi connectivity index (χ4v) is 2.67. The zero-order valence-corrected chi connectivity index (χ0v) is 15.3. The Kier molecular flexibility index (Phi) is 5.93. The van der Waals surface area contributed by atoms with E-state index in [4.69, 9.17) is 0 Å². The van der Waals surface area contributed by atoms with Gasteiger partial charge in [-0.3, -0.25) is 14.3 Å². The SMILES string of the molecule is Cc1nn(C)c(C)c1NC(=O)C(=O)NC[C@H](c1ccccc1)N(C)C. The smallest absolute Gasteiger partial charge is 0.313 e. The summed E-state index contributed by atoms with van der Waals surface area (Å²) in [4.78, 5) is 26.3. The molecule has 0 unspecified atom stereocenters. The Balaban J connectivity index is 2.00. The van der Waals surface area contributed by atoms with E-state index < -0.39 is 11.8 Å². The van der Waals surface area contributed by atoms with Crippen LogP contribution in [0.2, 0.25) is 0 Å². The van der Waals surface area contributed by atoms with Gasteiger partial charge in [0, 0.05) is 13.6 Å².